The Kier molecular flexibility index (Phi) is 7.60. The molecular formula is C26H31ClN4OS. The first-order valence-electron chi connectivity index (χ1n) is 11.0. The Balaban J connectivity index is 0.00000306. The van der Waals surface area contributed by atoms with Crippen molar-refractivity contribution in [1.29, 1.82) is 0 Å². The molecule has 0 N–H and O–H groups in total. The number of amides is 1. The maximum Gasteiger partial charge on any atom is 0.260 e. The number of thiazole rings is 1. The summed E-state index contributed by atoms with van der Waals surface area (Å²) in [6, 6.07) is 12.2. The molecule has 5 nitrogen and oxygen atoms in total. The fourth-order valence-electron chi connectivity index (χ4n) is 3.71. The van der Waals surface area contributed by atoms with Crippen molar-refractivity contribution in [3.05, 3.63) is 77.4 Å². The van der Waals surface area contributed by atoms with Gasteiger partial charge in [-0.1, -0.05) is 50.3 Å². The highest BCUT2D eigenvalue weighted by atomic mass is 35.5. The van der Waals surface area contributed by atoms with Crippen molar-refractivity contribution in [2.75, 3.05) is 11.4 Å². The summed E-state index contributed by atoms with van der Waals surface area (Å²) < 4.78 is 3.14. The zero-order valence-electron chi connectivity index (χ0n) is 19.8. The molecule has 4 aromatic rings. The van der Waals surface area contributed by atoms with E-state index in [1.807, 2.05) is 27.8 Å². The number of hydrogen-bond donors (Lipinski definition) is 0. The van der Waals surface area contributed by atoms with Crippen molar-refractivity contribution in [3.63, 3.8) is 0 Å². The van der Waals surface area contributed by atoms with Crippen molar-refractivity contribution in [3.8, 4) is 0 Å². The number of benzene rings is 2. The molecule has 2 heterocycles. The summed E-state index contributed by atoms with van der Waals surface area (Å²) in [6.45, 7) is 12.1. The second kappa shape index (κ2) is 10.1. The van der Waals surface area contributed by atoms with E-state index in [9.17, 15) is 4.79 Å². The molecule has 2 aromatic carbocycles. The molecule has 33 heavy (non-hydrogen) atoms. The molecule has 0 spiro atoms. The van der Waals surface area contributed by atoms with E-state index in [0.29, 0.717) is 12.1 Å². The van der Waals surface area contributed by atoms with Gasteiger partial charge in [-0.05, 0) is 60.6 Å². The Morgan fingerprint density at radius 2 is 1.82 bits per heavy atom. The molecule has 7 heteroatoms. The summed E-state index contributed by atoms with van der Waals surface area (Å²) in [5.41, 5.74) is 5.32. The maximum atomic E-state index is 13.6. The molecule has 0 radical (unpaired) electrons. The smallest absolute Gasteiger partial charge is 0.260 e. The quantitative estimate of drug-likeness (QED) is 0.312. The van der Waals surface area contributed by atoms with E-state index >= 15 is 0 Å². The molecule has 0 aliphatic carbocycles. The molecule has 0 bridgehead atoms. The van der Waals surface area contributed by atoms with Gasteiger partial charge in [0.15, 0.2) is 5.13 Å². The number of nitrogens with zero attached hydrogens (tertiary/aromatic N) is 4. The van der Waals surface area contributed by atoms with E-state index in [-0.39, 0.29) is 23.7 Å². The third-order valence-corrected chi connectivity index (χ3v) is 6.95. The van der Waals surface area contributed by atoms with Crippen LogP contribution in [0, 0.1) is 13.8 Å². The molecule has 174 valence electrons. The van der Waals surface area contributed by atoms with E-state index in [2.05, 4.69) is 63.9 Å². The summed E-state index contributed by atoms with van der Waals surface area (Å²) >= 11 is 1.58. The van der Waals surface area contributed by atoms with E-state index in [0.717, 1.165) is 28.3 Å². The van der Waals surface area contributed by atoms with Crippen molar-refractivity contribution < 1.29 is 4.79 Å². The lowest BCUT2D eigenvalue weighted by Crippen LogP contribution is -2.32. The summed E-state index contributed by atoms with van der Waals surface area (Å²) in [5.74, 6) is -0.00970. The zero-order valence-corrected chi connectivity index (χ0v) is 21.5. The van der Waals surface area contributed by atoms with Crippen molar-refractivity contribution in [2.45, 2.75) is 53.0 Å². The van der Waals surface area contributed by atoms with Crippen LogP contribution in [-0.2, 0) is 12.0 Å². The minimum absolute atomic E-state index is 0. The van der Waals surface area contributed by atoms with Gasteiger partial charge >= 0.3 is 0 Å². The number of aromatic nitrogens is 3. The average molecular weight is 483 g/mol. The normalized spacial score (nSPS) is 11.4. The second-order valence-electron chi connectivity index (χ2n) is 9.29. The number of rotatable bonds is 6. The Hall–Kier alpha value is -2.70. The lowest BCUT2D eigenvalue weighted by Gasteiger charge is -2.22. The molecule has 0 saturated heterocycles. The minimum atomic E-state index is -0.00970. The van der Waals surface area contributed by atoms with E-state index in [1.165, 1.54) is 16.7 Å². The third kappa shape index (κ3) is 5.45. The molecule has 0 atom stereocenters. The van der Waals surface area contributed by atoms with Gasteiger partial charge in [0, 0.05) is 31.0 Å². The van der Waals surface area contributed by atoms with Gasteiger partial charge in [0.2, 0.25) is 0 Å². The van der Waals surface area contributed by atoms with Gasteiger partial charge in [-0.25, -0.2) is 9.97 Å². The lowest BCUT2D eigenvalue weighted by atomic mass is 9.86. The molecule has 0 unspecified atom stereocenters. The van der Waals surface area contributed by atoms with Crippen LogP contribution in [-0.4, -0.2) is 27.0 Å². The maximum absolute atomic E-state index is 13.6. The number of carbonyl (C=O) groups excluding carboxylic acids is 1. The molecule has 0 aliphatic rings. The summed E-state index contributed by atoms with van der Waals surface area (Å²) in [5, 5.41) is 0.754. The van der Waals surface area contributed by atoms with Crippen molar-refractivity contribution in [2.24, 2.45) is 0 Å². The van der Waals surface area contributed by atoms with Crippen LogP contribution in [0.3, 0.4) is 0 Å². The second-order valence-corrected chi connectivity index (χ2v) is 10.3. The Morgan fingerprint density at radius 3 is 2.45 bits per heavy atom. The largest absolute Gasteiger partial charge is 0.337 e. The van der Waals surface area contributed by atoms with Gasteiger partial charge in [-0.3, -0.25) is 9.69 Å². The van der Waals surface area contributed by atoms with Crippen LogP contribution in [0.5, 0.6) is 0 Å². The summed E-state index contributed by atoms with van der Waals surface area (Å²) in [4.78, 5) is 24.4. The first-order valence-corrected chi connectivity index (χ1v) is 11.8. The molecule has 0 saturated carbocycles. The van der Waals surface area contributed by atoms with E-state index in [4.69, 9.17) is 4.98 Å². The number of halogens is 1. The fourth-order valence-corrected chi connectivity index (χ4v) is 4.76. The number of hydrogen-bond acceptors (Lipinski definition) is 4. The first kappa shape index (κ1) is 24.9. The lowest BCUT2D eigenvalue weighted by molar-refractivity contribution is 0.0986. The molecule has 0 aliphatic heterocycles. The van der Waals surface area contributed by atoms with Crippen molar-refractivity contribution in [1.82, 2.24) is 14.5 Å². The summed E-state index contributed by atoms with van der Waals surface area (Å²) in [6.07, 6.45) is 6.34. The molecular weight excluding hydrogens is 452 g/mol. The summed E-state index contributed by atoms with van der Waals surface area (Å²) in [7, 11) is 0. The predicted octanol–water partition coefficient (Wildman–Crippen LogP) is 6.57. The monoisotopic (exact) mass is 482 g/mol. The first-order chi connectivity index (χ1) is 15.2. The predicted molar refractivity (Wildman–Crippen MR) is 140 cm³/mol. The topological polar surface area (TPSA) is 51.0 Å². The number of aryl methyl sites for hydroxylation is 3. The van der Waals surface area contributed by atoms with Gasteiger partial charge in [0.25, 0.3) is 5.91 Å². The van der Waals surface area contributed by atoms with Gasteiger partial charge < -0.3 is 4.57 Å². The van der Waals surface area contributed by atoms with Crippen LogP contribution < -0.4 is 4.90 Å². The zero-order chi connectivity index (χ0) is 22.9. The average Bonchev–Trinajstić information content (AvgIpc) is 3.43. The van der Waals surface area contributed by atoms with E-state index < -0.39 is 0 Å². The minimum Gasteiger partial charge on any atom is -0.337 e. The molecule has 4 rings (SSSR count). The molecule has 1 amide bonds. The van der Waals surface area contributed by atoms with E-state index in [1.54, 1.807) is 23.9 Å². The van der Waals surface area contributed by atoms with Crippen LogP contribution in [0.15, 0.2) is 55.1 Å². The number of imidazole rings is 1. The highest BCUT2D eigenvalue weighted by Crippen LogP contribution is 2.33. The van der Waals surface area contributed by atoms with Crippen molar-refractivity contribution >= 4 is 45.0 Å². The number of carbonyl (C=O) groups is 1. The fraction of sp³-hybridized carbons (Fsp3) is 0.346. The number of anilines is 1. The van der Waals surface area contributed by atoms with Gasteiger partial charge in [-0.2, -0.15) is 0 Å². The highest BCUT2D eigenvalue weighted by Gasteiger charge is 2.23. The van der Waals surface area contributed by atoms with Gasteiger partial charge in [0.1, 0.15) is 0 Å². The Morgan fingerprint density at radius 1 is 1.09 bits per heavy atom. The standard InChI is InChI=1S/C26H30N4OS.ClH/c1-18-7-12-22-23(19(18)2)28-25(32-22)30(15-6-14-29-16-13-27-17-29)24(31)20-8-10-21(11-9-20)26(3,4)5;/h7-13,16-17H,6,14-15H2,1-5H3;1H. The van der Waals surface area contributed by atoms with Crippen LogP contribution in [0.25, 0.3) is 10.2 Å². The SMILES string of the molecule is Cc1ccc2sc(N(CCCn3ccnc3)C(=O)c3ccc(C(C)(C)C)cc3)nc2c1C.Cl. The molecule has 2 aromatic heterocycles. The highest BCUT2D eigenvalue weighted by molar-refractivity contribution is 7.22. The van der Waals surface area contributed by atoms with Crippen LogP contribution in [0.1, 0.15) is 54.2 Å². The van der Waals surface area contributed by atoms with Gasteiger partial charge in [-0.15, -0.1) is 12.4 Å². The van der Waals surface area contributed by atoms with Gasteiger partial charge in [0.05, 0.1) is 16.5 Å². The number of fused-ring (bicyclic) bond motifs is 1. The Labute approximate surface area is 205 Å². The Bertz CT molecular complexity index is 1220. The van der Waals surface area contributed by atoms with Crippen LogP contribution in [0.2, 0.25) is 0 Å². The van der Waals surface area contributed by atoms with Crippen LogP contribution in [0.4, 0.5) is 5.13 Å². The molecule has 0 fully saturated rings. The van der Waals surface area contributed by atoms with Crippen LogP contribution >= 0.6 is 23.7 Å². The third-order valence-electron chi connectivity index (χ3n) is 5.90.